The van der Waals surface area contributed by atoms with Crippen molar-refractivity contribution in [3.05, 3.63) is 59.7 Å². The lowest BCUT2D eigenvalue weighted by molar-refractivity contribution is 0.112. The van der Waals surface area contributed by atoms with Crippen LogP contribution in [0.3, 0.4) is 0 Å². The van der Waals surface area contributed by atoms with E-state index in [1.165, 1.54) is 89.0 Å². The number of hydrogen-bond acceptors (Lipinski definition) is 3. The minimum Gasteiger partial charge on any atom is -0.490 e. The molecule has 0 saturated heterocycles. The van der Waals surface area contributed by atoms with Gasteiger partial charge in [0.05, 0.1) is 0 Å². The first-order chi connectivity index (χ1) is 16.3. The molecule has 2 rings (SSSR count). The summed E-state index contributed by atoms with van der Waals surface area (Å²) >= 11 is 0. The van der Waals surface area contributed by atoms with E-state index in [0.717, 1.165) is 24.2 Å². The van der Waals surface area contributed by atoms with Gasteiger partial charge >= 0.3 is 0 Å². The first-order valence-electron chi connectivity index (χ1n) is 13.2. The van der Waals surface area contributed by atoms with Crippen LogP contribution >= 0.6 is 0 Å². The number of aryl methyl sites for hydroxylation is 1. The molecule has 3 heteroatoms. The topological polar surface area (TPSA) is 35.5 Å². The van der Waals surface area contributed by atoms with Gasteiger partial charge in [0.15, 0.2) is 0 Å². The largest absolute Gasteiger partial charge is 0.490 e. The van der Waals surface area contributed by atoms with Gasteiger partial charge < -0.3 is 9.47 Å². The molecule has 0 aliphatic heterocycles. The maximum Gasteiger partial charge on any atom is 0.150 e. The monoisotopic (exact) mass is 452 g/mol. The molecule has 0 saturated carbocycles. The Kier molecular flexibility index (Phi) is 14.8. The number of benzene rings is 2. The maximum atomic E-state index is 10.7. The molecule has 0 fully saturated rings. The number of ether oxygens (including phenoxy) is 2. The highest BCUT2D eigenvalue weighted by molar-refractivity contribution is 5.74. The molecule has 0 radical (unpaired) electrons. The van der Waals surface area contributed by atoms with E-state index in [0.29, 0.717) is 18.8 Å². The molecule has 0 aliphatic carbocycles. The van der Waals surface area contributed by atoms with E-state index in [2.05, 4.69) is 25.1 Å². The molecule has 0 unspecified atom stereocenters. The van der Waals surface area contributed by atoms with Crippen molar-refractivity contribution in [2.24, 2.45) is 0 Å². The number of hydrogen-bond donors (Lipinski definition) is 0. The molecule has 3 nitrogen and oxygen atoms in total. The summed E-state index contributed by atoms with van der Waals surface area (Å²) in [4.78, 5) is 10.7. The van der Waals surface area contributed by atoms with Crippen molar-refractivity contribution < 1.29 is 14.3 Å². The van der Waals surface area contributed by atoms with Crippen LogP contribution in [0.25, 0.3) is 0 Å². The predicted octanol–water partition coefficient (Wildman–Crippen LogP) is 8.59. The smallest absolute Gasteiger partial charge is 0.150 e. The zero-order valence-electron chi connectivity index (χ0n) is 20.7. The number of carbonyl (C=O) groups is 1. The third-order valence-electron chi connectivity index (χ3n) is 6.10. The zero-order valence-corrected chi connectivity index (χ0v) is 20.7. The van der Waals surface area contributed by atoms with E-state index in [4.69, 9.17) is 9.47 Å². The Morgan fingerprint density at radius 1 is 0.636 bits per heavy atom. The Hall–Kier alpha value is -2.29. The molecule has 0 atom stereocenters. The quantitative estimate of drug-likeness (QED) is 0.149. The van der Waals surface area contributed by atoms with Gasteiger partial charge in [0.25, 0.3) is 0 Å². The summed E-state index contributed by atoms with van der Waals surface area (Å²) in [5.74, 6) is 1.66. The minimum absolute atomic E-state index is 0.476. The summed E-state index contributed by atoms with van der Waals surface area (Å²) < 4.78 is 11.5. The lowest BCUT2D eigenvalue weighted by Crippen LogP contribution is -2.09. The fourth-order valence-electron chi connectivity index (χ4n) is 4.10. The minimum atomic E-state index is 0.476. The molecule has 0 N–H and O–H groups in total. The van der Waals surface area contributed by atoms with Crippen LogP contribution in [-0.4, -0.2) is 19.5 Å². The molecular weight excluding hydrogens is 408 g/mol. The van der Waals surface area contributed by atoms with Crippen molar-refractivity contribution in [3.63, 3.8) is 0 Å². The van der Waals surface area contributed by atoms with Gasteiger partial charge in [-0.3, -0.25) is 4.79 Å². The standard InChI is InChI=1S/C30H44O3/c1-2-3-4-5-6-7-8-9-10-11-12-13-14-16-27-17-15-18-30(25-27)33-24-23-32-29-21-19-28(26-31)20-22-29/h15,17-22,25-26H,2-14,16,23-24H2,1H3. The van der Waals surface area contributed by atoms with Crippen molar-refractivity contribution in [2.45, 2.75) is 96.8 Å². The Bertz CT molecular complexity index is 738. The first kappa shape index (κ1) is 27.0. The van der Waals surface area contributed by atoms with E-state index in [9.17, 15) is 4.79 Å². The molecule has 0 bridgehead atoms. The average Bonchev–Trinajstić information content (AvgIpc) is 2.85. The van der Waals surface area contributed by atoms with Crippen molar-refractivity contribution in [2.75, 3.05) is 13.2 Å². The highest BCUT2D eigenvalue weighted by Crippen LogP contribution is 2.17. The van der Waals surface area contributed by atoms with Crippen LogP contribution in [0.2, 0.25) is 0 Å². The highest BCUT2D eigenvalue weighted by atomic mass is 16.5. The summed E-state index contributed by atoms with van der Waals surface area (Å²) in [7, 11) is 0. The van der Waals surface area contributed by atoms with Crippen molar-refractivity contribution in [3.8, 4) is 11.5 Å². The van der Waals surface area contributed by atoms with Crippen LogP contribution in [0.5, 0.6) is 11.5 Å². The third kappa shape index (κ3) is 13.1. The molecule has 0 aromatic heterocycles. The van der Waals surface area contributed by atoms with Crippen molar-refractivity contribution in [1.82, 2.24) is 0 Å². The van der Waals surface area contributed by atoms with Crippen LogP contribution in [0.15, 0.2) is 48.5 Å². The van der Waals surface area contributed by atoms with Crippen LogP contribution in [0.4, 0.5) is 0 Å². The van der Waals surface area contributed by atoms with E-state index in [1.807, 2.05) is 6.07 Å². The van der Waals surface area contributed by atoms with Gasteiger partial charge in [0, 0.05) is 5.56 Å². The molecule has 0 aliphatic rings. The predicted molar refractivity (Wildman–Crippen MR) is 139 cm³/mol. The van der Waals surface area contributed by atoms with Crippen LogP contribution in [0.1, 0.15) is 106 Å². The Morgan fingerprint density at radius 2 is 1.18 bits per heavy atom. The van der Waals surface area contributed by atoms with Crippen LogP contribution in [0, 0.1) is 0 Å². The second-order valence-electron chi connectivity index (χ2n) is 9.02. The van der Waals surface area contributed by atoms with Gasteiger partial charge in [0.2, 0.25) is 0 Å². The second kappa shape index (κ2) is 18.2. The Balaban J connectivity index is 1.47. The number of rotatable bonds is 20. The average molecular weight is 453 g/mol. The normalized spacial score (nSPS) is 10.8. The molecule has 0 spiro atoms. The summed E-state index contributed by atoms with van der Waals surface area (Å²) in [6.07, 6.45) is 20.0. The zero-order chi connectivity index (χ0) is 23.4. The van der Waals surface area contributed by atoms with E-state index in [1.54, 1.807) is 24.3 Å². The van der Waals surface area contributed by atoms with Gasteiger partial charge in [-0.05, 0) is 54.8 Å². The second-order valence-corrected chi connectivity index (χ2v) is 9.02. The number of carbonyl (C=O) groups excluding carboxylic acids is 1. The van der Waals surface area contributed by atoms with E-state index >= 15 is 0 Å². The van der Waals surface area contributed by atoms with Crippen molar-refractivity contribution in [1.29, 1.82) is 0 Å². The summed E-state index contributed by atoms with van der Waals surface area (Å²) in [6, 6.07) is 15.5. The summed E-state index contributed by atoms with van der Waals surface area (Å²) in [5, 5.41) is 0. The number of unbranched alkanes of at least 4 members (excludes halogenated alkanes) is 12. The summed E-state index contributed by atoms with van der Waals surface area (Å²) in [6.45, 7) is 3.26. The Morgan fingerprint density at radius 3 is 1.76 bits per heavy atom. The van der Waals surface area contributed by atoms with Gasteiger partial charge in [0.1, 0.15) is 31.0 Å². The van der Waals surface area contributed by atoms with Gasteiger partial charge in [-0.25, -0.2) is 0 Å². The lowest BCUT2D eigenvalue weighted by Gasteiger charge is -2.10. The molecule has 0 amide bonds. The van der Waals surface area contributed by atoms with Crippen LogP contribution in [-0.2, 0) is 6.42 Å². The van der Waals surface area contributed by atoms with E-state index in [-0.39, 0.29) is 0 Å². The summed E-state index contributed by atoms with van der Waals surface area (Å²) in [5.41, 5.74) is 2.00. The molecule has 182 valence electrons. The van der Waals surface area contributed by atoms with Gasteiger partial charge in [-0.2, -0.15) is 0 Å². The number of aldehydes is 1. The first-order valence-corrected chi connectivity index (χ1v) is 13.2. The highest BCUT2D eigenvalue weighted by Gasteiger charge is 2.00. The lowest BCUT2D eigenvalue weighted by atomic mass is 10.0. The fourth-order valence-corrected chi connectivity index (χ4v) is 4.10. The maximum absolute atomic E-state index is 10.7. The van der Waals surface area contributed by atoms with E-state index < -0.39 is 0 Å². The molecule has 0 heterocycles. The van der Waals surface area contributed by atoms with Gasteiger partial charge in [-0.15, -0.1) is 0 Å². The molecule has 2 aromatic rings. The fraction of sp³-hybridized carbons (Fsp3) is 0.567. The molecule has 33 heavy (non-hydrogen) atoms. The van der Waals surface area contributed by atoms with Crippen molar-refractivity contribution >= 4 is 6.29 Å². The molecule has 2 aromatic carbocycles. The third-order valence-corrected chi connectivity index (χ3v) is 6.10. The van der Waals surface area contributed by atoms with Crippen LogP contribution < -0.4 is 9.47 Å². The Labute approximate surface area is 201 Å². The SMILES string of the molecule is CCCCCCCCCCCCCCCc1cccc(OCCOc2ccc(C=O)cc2)c1. The van der Waals surface area contributed by atoms with Gasteiger partial charge in [-0.1, -0.05) is 96.1 Å². The molecular formula is C30H44O3.